The number of carbonyl (C=O) groups excluding carboxylic acids is 1. The number of rotatable bonds is 5. The van der Waals surface area contributed by atoms with Gasteiger partial charge >= 0.3 is 5.97 Å². The molecule has 0 aliphatic carbocycles. The van der Waals surface area contributed by atoms with E-state index in [2.05, 4.69) is 13.8 Å². The molecule has 0 spiro atoms. The van der Waals surface area contributed by atoms with E-state index in [-0.39, 0.29) is 11.0 Å². The number of aromatic carboxylic acids is 1. The highest BCUT2D eigenvalue weighted by Crippen LogP contribution is 2.32. The van der Waals surface area contributed by atoms with Gasteiger partial charge in [0, 0.05) is 5.41 Å². The monoisotopic (exact) mass is 284 g/mol. The maximum Gasteiger partial charge on any atom is 0.335 e. The van der Waals surface area contributed by atoms with Crippen molar-refractivity contribution in [1.29, 1.82) is 0 Å². The van der Waals surface area contributed by atoms with Crippen LogP contribution >= 0.6 is 0 Å². The molecule has 21 heavy (non-hydrogen) atoms. The van der Waals surface area contributed by atoms with Gasteiger partial charge in [-0.2, -0.15) is 0 Å². The van der Waals surface area contributed by atoms with E-state index in [4.69, 9.17) is 9.84 Å². The van der Waals surface area contributed by atoms with E-state index in [1.54, 1.807) is 24.3 Å². The molecule has 108 valence electrons. The van der Waals surface area contributed by atoms with Gasteiger partial charge < -0.3 is 9.84 Å². The van der Waals surface area contributed by atoms with Crippen LogP contribution in [-0.2, 0) is 10.2 Å². The maximum atomic E-state index is 10.9. The van der Waals surface area contributed by atoms with Crippen LogP contribution in [0.1, 0.15) is 35.3 Å². The SMILES string of the molecule is CC(C)(c1ccc(OC=O)cc1)c1ccc(C(=O)O)cc1. The molecule has 0 amide bonds. The standard InChI is InChI=1S/C17H16O4/c1-17(2,13-5-3-12(4-6-13)16(19)20)14-7-9-15(10-8-14)21-11-18/h3-11H,1-2H3,(H,19,20). The predicted molar refractivity (Wildman–Crippen MR) is 78.7 cm³/mol. The van der Waals surface area contributed by atoms with Gasteiger partial charge in [-0.1, -0.05) is 38.1 Å². The van der Waals surface area contributed by atoms with E-state index >= 15 is 0 Å². The first-order valence-electron chi connectivity index (χ1n) is 6.50. The molecule has 0 unspecified atom stereocenters. The molecule has 0 bridgehead atoms. The van der Waals surface area contributed by atoms with E-state index in [0.717, 1.165) is 11.1 Å². The Labute approximate surface area is 123 Å². The number of hydrogen-bond donors (Lipinski definition) is 1. The third-order valence-electron chi connectivity index (χ3n) is 3.61. The summed E-state index contributed by atoms with van der Waals surface area (Å²) < 4.78 is 4.78. The van der Waals surface area contributed by atoms with Crippen molar-refractivity contribution in [3.8, 4) is 5.75 Å². The molecule has 2 aromatic rings. The number of benzene rings is 2. The maximum absolute atomic E-state index is 10.9. The quantitative estimate of drug-likeness (QED) is 0.856. The summed E-state index contributed by atoms with van der Waals surface area (Å²) in [6.07, 6.45) is 0. The number of hydrogen-bond acceptors (Lipinski definition) is 3. The highest BCUT2D eigenvalue weighted by atomic mass is 16.5. The molecule has 0 aromatic heterocycles. The van der Waals surface area contributed by atoms with Crippen molar-refractivity contribution in [2.45, 2.75) is 19.3 Å². The number of ether oxygens (including phenoxy) is 1. The summed E-state index contributed by atoms with van der Waals surface area (Å²) in [7, 11) is 0. The van der Waals surface area contributed by atoms with Crippen LogP contribution in [0.4, 0.5) is 0 Å². The minimum absolute atomic E-state index is 0.268. The fourth-order valence-electron chi connectivity index (χ4n) is 2.20. The summed E-state index contributed by atoms with van der Waals surface area (Å²) in [5.74, 6) is -0.444. The lowest BCUT2D eigenvalue weighted by molar-refractivity contribution is -0.120. The summed E-state index contributed by atoms with van der Waals surface area (Å²) in [6, 6.07) is 14.1. The molecule has 0 heterocycles. The lowest BCUT2D eigenvalue weighted by atomic mass is 9.78. The van der Waals surface area contributed by atoms with E-state index < -0.39 is 5.97 Å². The third kappa shape index (κ3) is 3.11. The average molecular weight is 284 g/mol. The van der Waals surface area contributed by atoms with Crippen LogP contribution < -0.4 is 4.74 Å². The largest absolute Gasteiger partial charge is 0.478 e. The summed E-state index contributed by atoms with van der Waals surface area (Å²) >= 11 is 0. The number of carboxylic acid groups (broad SMARTS) is 1. The van der Waals surface area contributed by atoms with Crippen molar-refractivity contribution in [2.24, 2.45) is 0 Å². The van der Waals surface area contributed by atoms with Gasteiger partial charge in [0.2, 0.25) is 0 Å². The van der Waals surface area contributed by atoms with E-state index in [1.807, 2.05) is 24.3 Å². The molecule has 4 heteroatoms. The van der Waals surface area contributed by atoms with Gasteiger partial charge in [0.25, 0.3) is 6.47 Å². The lowest BCUT2D eigenvalue weighted by Crippen LogP contribution is -2.19. The zero-order chi connectivity index (χ0) is 15.5. The van der Waals surface area contributed by atoms with Crippen LogP contribution in [0.3, 0.4) is 0 Å². The first-order chi connectivity index (χ1) is 9.95. The van der Waals surface area contributed by atoms with Crippen molar-refractivity contribution in [3.63, 3.8) is 0 Å². The topological polar surface area (TPSA) is 63.6 Å². The van der Waals surface area contributed by atoms with E-state index in [9.17, 15) is 9.59 Å². The molecule has 0 saturated carbocycles. The molecule has 1 N–H and O–H groups in total. The van der Waals surface area contributed by atoms with Crippen LogP contribution in [0, 0.1) is 0 Å². The van der Waals surface area contributed by atoms with Crippen LogP contribution in [0.2, 0.25) is 0 Å². The number of carbonyl (C=O) groups is 2. The molecule has 2 rings (SSSR count). The Morgan fingerprint density at radius 2 is 1.48 bits per heavy atom. The first kappa shape index (κ1) is 14.8. The van der Waals surface area contributed by atoms with Gasteiger partial charge in [0.15, 0.2) is 0 Å². The van der Waals surface area contributed by atoms with Gasteiger partial charge in [0.05, 0.1) is 5.56 Å². The molecule has 0 fully saturated rings. The molecular weight excluding hydrogens is 268 g/mol. The smallest absolute Gasteiger partial charge is 0.335 e. The highest BCUT2D eigenvalue weighted by Gasteiger charge is 2.23. The molecule has 2 aromatic carbocycles. The Balaban J connectivity index is 2.31. The minimum Gasteiger partial charge on any atom is -0.478 e. The van der Waals surface area contributed by atoms with Crippen molar-refractivity contribution >= 4 is 12.4 Å². The van der Waals surface area contributed by atoms with Crippen molar-refractivity contribution in [3.05, 3.63) is 65.2 Å². The molecule has 0 aliphatic heterocycles. The molecule has 0 atom stereocenters. The van der Waals surface area contributed by atoms with Gasteiger partial charge in [-0.3, -0.25) is 4.79 Å². The Morgan fingerprint density at radius 1 is 1.00 bits per heavy atom. The average Bonchev–Trinajstić information content (AvgIpc) is 2.48. The lowest BCUT2D eigenvalue weighted by Gasteiger charge is -2.26. The van der Waals surface area contributed by atoms with Crippen LogP contribution in [0.15, 0.2) is 48.5 Å². The second-order valence-electron chi connectivity index (χ2n) is 5.25. The van der Waals surface area contributed by atoms with Crippen molar-refractivity contribution < 1.29 is 19.4 Å². The van der Waals surface area contributed by atoms with E-state index in [1.165, 1.54) is 0 Å². The van der Waals surface area contributed by atoms with Gasteiger partial charge in [-0.05, 0) is 35.4 Å². The fourth-order valence-corrected chi connectivity index (χ4v) is 2.20. The molecule has 0 radical (unpaired) electrons. The highest BCUT2D eigenvalue weighted by molar-refractivity contribution is 5.87. The fraction of sp³-hybridized carbons (Fsp3) is 0.176. The molecule has 4 nitrogen and oxygen atoms in total. The Bertz CT molecular complexity index is 639. The zero-order valence-corrected chi connectivity index (χ0v) is 11.9. The Hall–Kier alpha value is -2.62. The van der Waals surface area contributed by atoms with Crippen LogP contribution in [0.25, 0.3) is 0 Å². The second kappa shape index (κ2) is 5.79. The van der Waals surface area contributed by atoms with Crippen LogP contribution in [-0.4, -0.2) is 17.5 Å². The third-order valence-corrected chi connectivity index (χ3v) is 3.61. The zero-order valence-electron chi connectivity index (χ0n) is 11.9. The van der Waals surface area contributed by atoms with Gasteiger partial charge in [0.1, 0.15) is 5.75 Å². The van der Waals surface area contributed by atoms with Crippen molar-refractivity contribution in [1.82, 2.24) is 0 Å². The van der Waals surface area contributed by atoms with Crippen molar-refractivity contribution in [2.75, 3.05) is 0 Å². The summed E-state index contributed by atoms with van der Waals surface area (Å²) in [4.78, 5) is 21.2. The first-order valence-corrected chi connectivity index (χ1v) is 6.50. The summed E-state index contributed by atoms with van der Waals surface area (Å²) in [5, 5.41) is 8.93. The Morgan fingerprint density at radius 3 is 1.90 bits per heavy atom. The predicted octanol–water partition coefficient (Wildman–Crippen LogP) is 3.25. The van der Waals surface area contributed by atoms with Crippen LogP contribution in [0.5, 0.6) is 5.75 Å². The molecule has 0 aliphatic rings. The molecular formula is C17H16O4. The number of carboxylic acids is 1. The summed E-state index contributed by atoms with van der Waals surface area (Å²) in [6.45, 7) is 4.50. The normalized spacial score (nSPS) is 11.0. The molecule has 0 saturated heterocycles. The minimum atomic E-state index is -0.935. The van der Waals surface area contributed by atoms with Gasteiger partial charge in [-0.15, -0.1) is 0 Å². The Kier molecular flexibility index (Phi) is 4.08. The van der Waals surface area contributed by atoms with Gasteiger partial charge in [-0.25, -0.2) is 4.79 Å². The summed E-state index contributed by atoms with van der Waals surface area (Å²) in [5.41, 5.74) is 2.04. The van der Waals surface area contributed by atoms with E-state index in [0.29, 0.717) is 12.2 Å². The second-order valence-corrected chi connectivity index (χ2v) is 5.25.